The second kappa shape index (κ2) is 10.0. The van der Waals surface area contributed by atoms with Crippen LogP contribution in [0.15, 0.2) is 71.6 Å². The second-order valence-corrected chi connectivity index (χ2v) is 9.85. The number of rotatable bonds is 8. The fraction of sp³-hybridized carbons (Fsp3) is 0.240. The Morgan fingerprint density at radius 1 is 1.00 bits per heavy atom. The molecule has 0 aliphatic heterocycles. The van der Waals surface area contributed by atoms with Crippen molar-refractivity contribution >= 4 is 21.7 Å². The Labute approximate surface area is 193 Å². The van der Waals surface area contributed by atoms with E-state index in [-0.39, 0.29) is 23.2 Å². The highest BCUT2D eigenvalue weighted by atomic mass is 32.2. The van der Waals surface area contributed by atoms with Crippen LogP contribution in [0.3, 0.4) is 0 Å². The van der Waals surface area contributed by atoms with Gasteiger partial charge in [-0.05, 0) is 78.6 Å². The molecule has 33 heavy (non-hydrogen) atoms. The fourth-order valence-corrected chi connectivity index (χ4v) is 4.36. The summed E-state index contributed by atoms with van der Waals surface area (Å²) in [5.74, 6) is 0.0475. The predicted molar refractivity (Wildman–Crippen MR) is 125 cm³/mol. The van der Waals surface area contributed by atoms with Crippen LogP contribution in [-0.2, 0) is 14.8 Å². The lowest BCUT2D eigenvalue weighted by atomic mass is 10.0. The third kappa shape index (κ3) is 5.90. The highest BCUT2D eigenvalue weighted by molar-refractivity contribution is 7.92. The maximum absolute atomic E-state index is 13.1. The van der Waals surface area contributed by atoms with Gasteiger partial charge in [0.15, 0.2) is 6.61 Å². The van der Waals surface area contributed by atoms with E-state index in [1.54, 1.807) is 0 Å². The van der Waals surface area contributed by atoms with Crippen molar-refractivity contribution < 1.29 is 27.1 Å². The van der Waals surface area contributed by atoms with E-state index in [0.717, 1.165) is 27.6 Å². The summed E-state index contributed by atoms with van der Waals surface area (Å²) in [7, 11) is -2.47. The van der Waals surface area contributed by atoms with Gasteiger partial charge in [0.1, 0.15) is 17.3 Å². The number of carbonyl (C=O) groups excluding carboxylic acids is 1. The van der Waals surface area contributed by atoms with Crippen molar-refractivity contribution in [3.05, 3.63) is 83.7 Å². The predicted octanol–water partition coefficient (Wildman–Crippen LogP) is 5.07. The van der Waals surface area contributed by atoms with Crippen LogP contribution in [0.1, 0.15) is 30.9 Å². The summed E-state index contributed by atoms with van der Waals surface area (Å²) in [6.07, 6.45) is 0. The minimum Gasteiger partial charge on any atom is -0.482 e. The first-order valence-electron chi connectivity index (χ1n) is 10.4. The van der Waals surface area contributed by atoms with E-state index in [0.29, 0.717) is 11.4 Å². The normalized spacial score (nSPS) is 11.3. The van der Waals surface area contributed by atoms with E-state index in [4.69, 9.17) is 9.47 Å². The number of aryl methyl sites for hydroxylation is 1. The summed E-state index contributed by atoms with van der Waals surface area (Å²) in [4.78, 5) is 12.2. The average Bonchev–Trinajstić information content (AvgIpc) is 2.78. The third-order valence-corrected chi connectivity index (χ3v) is 6.84. The monoisotopic (exact) mass is 471 g/mol. The minimum absolute atomic E-state index is 0.0315. The summed E-state index contributed by atoms with van der Waals surface area (Å²) >= 11 is 0. The van der Waals surface area contributed by atoms with Crippen LogP contribution in [0.2, 0.25) is 0 Å². The Bertz CT molecular complexity index is 1220. The van der Waals surface area contributed by atoms with Gasteiger partial charge in [-0.3, -0.25) is 4.31 Å². The first-order chi connectivity index (χ1) is 15.6. The van der Waals surface area contributed by atoms with E-state index >= 15 is 0 Å². The molecule has 0 radical (unpaired) electrons. The van der Waals surface area contributed by atoms with Gasteiger partial charge in [-0.15, -0.1) is 0 Å². The van der Waals surface area contributed by atoms with E-state index in [9.17, 15) is 17.6 Å². The number of hydrogen-bond donors (Lipinski definition) is 0. The van der Waals surface area contributed by atoms with Crippen molar-refractivity contribution in [2.24, 2.45) is 0 Å². The molecule has 0 aliphatic rings. The van der Waals surface area contributed by atoms with Crippen molar-refractivity contribution in [3.8, 4) is 11.5 Å². The Morgan fingerprint density at radius 3 is 2.24 bits per heavy atom. The number of esters is 1. The largest absolute Gasteiger partial charge is 0.482 e. The Balaban J connectivity index is 1.64. The number of hydrogen-bond acceptors (Lipinski definition) is 5. The molecule has 0 bridgehead atoms. The molecule has 0 aliphatic carbocycles. The van der Waals surface area contributed by atoms with Gasteiger partial charge in [0, 0.05) is 7.05 Å². The van der Waals surface area contributed by atoms with Crippen molar-refractivity contribution in [2.75, 3.05) is 18.0 Å². The zero-order valence-corrected chi connectivity index (χ0v) is 19.7. The number of nitrogens with zero attached hydrogens (tertiary/aromatic N) is 1. The fourth-order valence-electron chi connectivity index (χ4n) is 3.17. The lowest BCUT2D eigenvalue weighted by Crippen LogP contribution is -2.26. The highest BCUT2D eigenvalue weighted by Gasteiger charge is 2.21. The number of anilines is 1. The number of sulfonamides is 1. The summed E-state index contributed by atoms with van der Waals surface area (Å²) in [6, 6.07) is 16.5. The molecule has 0 saturated carbocycles. The van der Waals surface area contributed by atoms with Gasteiger partial charge < -0.3 is 9.47 Å². The van der Waals surface area contributed by atoms with Gasteiger partial charge in [0.25, 0.3) is 10.0 Å². The van der Waals surface area contributed by atoms with Crippen LogP contribution in [0, 0.1) is 12.7 Å². The smallest absolute Gasteiger partial charge is 0.349 e. The molecule has 0 aromatic heterocycles. The SMILES string of the molecule is Cc1ccc(C(C)C)c(OCC(=O)Oc2ccc(N(C)S(=O)(=O)c3ccc(F)cc3)cc2)c1. The molecule has 0 saturated heterocycles. The van der Waals surface area contributed by atoms with Crippen molar-refractivity contribution in [1.29, 1.82) is 0 Å². The molecule has 8 heteroatoms. The standard InChI is InChI=1S/C25H26FNO5S/c1-17(2)23-14-5-18(3)15-24(23)31-16-25(28)32-21-10-8-20(9-11-21)27(4)33(29,30)22-12-6-19(26)7-13-22/h5-15,17H,16H2,1-4H3. The zero-order chi connectivity index (χ0) is 24.2. The van der Waals surface area contributed by atoms with Crippen LogP contribution in [0.25, 0.3) is 0 Å². The molecule has 0 unspecified atom stereocenters. The lowest BCUT2D eigenvalue weighted by Gasteiger charge is -2.19. The number of halogens is 1. The van der Waals surface area contributed by atoms with Crippen molar-refractivity contribution in [1.82, 2.24) is 0 Å². The summed E-state index contributed by atoms with van der Waals surface area (Å²) in [5.41, 5.74) is 2.39. The number of carbonyl (C=O) groups is 1. The van der Waals surface area contributed by atoms with Gasteiger partial charge in [-0.1, -0.05) is 26.0 Å². The van der Waals surface area contributed by atoms with Crippen LogP contribution in [0.5, 0.6) is 11.5 Å². The third-order valence-electron chi connectivity index (χ3n) is 5.04. The maximum Gasteiger partial charge on any atom is 0.349 e. The van der Waals surface area contributed by atoms with Crippen molar-refractivity contribution in [2.45, 2.75) is 31.6 Å². The second-order valence-electron chi connectivity index (χ2n) is 7.88. The molecular formula is C25H26FNO5S. The molecule has 0 fully saturated rings. The molecule has 174 valence electrons. The number of ether oxygens (including phenoxy) is 2. The topological polar surface area (TPSA) is 72.9 Å². The number of benzene rings is 3. The summed E-state index contributed by atoms with van der Waals surface area (Å²) in [5, 5.41) is 0. The summed E-state index contributed by atoms with van der Waals surface area (Å²) < 4.78 is 50.6. The van der Waals surface area contributed by atoms with E-state index in [1.807, 2.05) is 39.0 Å². The lowest BCUT2D eigenvalue weighted by molar-refractivity contribution is -0.136. The van der Waals surface area contributed by atoms with Gasteiger partial charge in [-0.25, -0.2) is 17.6 Å². The van der Waals surface area contributed by atoms with Crippen LogP contribution < -0.4 is 13.8 Å². The molecule has 0 atom stereocenters. The molecule has 0 heterocycles. The molecule has 3 aromatic carbocycles. The Hall–Kier alpha value is -3.39. The highest BCUT2D eigenvalue weighted by Crippen LogP contribution is 2.28. The van der Waals surface area contributed by atoms with Crippen LogP contribution >= 0.6 is 0 Å². The van der Waals surface area contributed by atoms with E-state index < -0.39 is 21.8 Å². The molecule has 0 amide bonds. The van der Waals surface area contributed by atoms with Crippen molar-refractivity contribution in [3.63, 3.8) is 0 Å². The van der Waals surface area contributed by atoms with Crippen LogP contribution in [0.4, 0.5) is 10.1 Å². The van der Waals surface area contributed by atoms with Gasteiger partial charge in [0.05, 0.1) is 10.6 Å². The Morgan fingerprint density at radius 2 is 1.64 bits per heavy atom. The first-order valence-corrected chi connectivity index (χ1v) is 11.8. The molecule has 6 nitrogen and oxygen atoms in total. The molecule has 3 aromatic rings. The van der Waals surface area contributed by atoms with Crippen LogP contribution in [-0.4, -0.2) is 28.0 Å². The molecule has 0 N–H and O–H groups in total. The maximum atomic E-state index is 13.1. The molecule has 3 rings (SSSR count). The quantitative estimate of drug-likeness (QED) is 0.339. The molecular weight excluding hydrogens is 445 g/mol. The average molecular weight is 472 g/mol. The van der Waals surface area contributed by atoms with E-state index in [2.05, 4.69) is 0 Å². The Kier molecular flexibility index (Phi) is 7.38. The first kappa shape index (κ1) is 24.3. The zero-order valence-electron chi connectivity index (χ0n) is 18.9. The summed E-state index contributed by atoms with van der Waals surface area (Å²) in [6.45, 7) is 5.78. The van der Waals surface area contributed by atoms with Gasteiger partial charge in [0.2, 0.25) is 0 Å². The molecule has 0 spiro atoms. The van der Waals surface area contributed by atoms with Gasteiger partial charge in [-0.2, -0.15) is 0 Å². The minimum atomic E-state index is -3.86. The van der Waals surface area contributed by atoms with Gasteiger partial charge >= 0.3 is 5.97 Å². The van der Waals surface area contributed by atoms with E-state index in [1.165, 1.54) is 43.4 Å².